The SMILES string of the molecule is CCn1cc(Br)cc1C(=O)Nc1ccc([N+](=O)[O-])cc1Cl. The van der Waals surface area contributed by atoms with Crippen LogP contribution in [0.2, 0.25) is 5.02 Å². The largest absolute Gasteiger partial charge is 0.343 e. The van der Waals surface area contributed by atoms with Crippen molar-refractivity contribution in [2.45, 2.75) is 13.5 Å². The molecular weight excluding hydrogens is 362 g/mol. The number of non-ortho nitro benzene ring substituents is 1. The van der Waals surface area contributed by atoms with Crippen molar-refractivity contribution in [1.82, 2.24) is 4.57 Å². The number of hydrogen-bond donors (Lipinski definition) is 1. The first-order valence-corrected chi connectivity index (χ1v) is 7.20. The predicted octanol–water partition coefficient (Wildman–Crippen LogP) is 4.08. The normalized spacial score (nSPS) is 10.4. The van der Waals surface area contributed by atoms with Crippen LogP contribution in [-0.4, -0.2) is 15.4 Å². The zero-order chi connectivity index (χ0) is 15.6. The molecule has 0 aliphatic carbocycles. The van der Waals surface area contributed by atoms with E-state index in [2.05, 4.69) is 21.2 Å². The first kappa shape index (κ1) is 15.5. The van der Waals surface area contributed by atoms with E-state index >= 15 is 0 Å². The lowest BCUT2D eigenvalue weighted by Crippen LogP contribution is -2.16. The monoisotopic (exact) mass is 371 g/mol. The second-order valence-corrected chi connectivity index (χ2v) is 5.53. The molecule has 0 unspecified atom stereocenters. The number of nitrogens with zero attached hydrogens (tertiary/aromatic N) is 2. The van der Waals surface area contributed by atoms with Crippen molar-refractivity contribution < 1.29 is 9.72 Å². The van der Waals surface area contributed by atoms with E-state index in [1.54, 1.807) is 16.8 Å². The molecule has 2 rings (SSSR count). The molecule has 110 valence electrons. The summed E-state index contributed by atoms with van der Waals surface area (Å²) in [5.41, 5.74) is 0.670. The molecule has 0 saturated heterocycles. The third-order valence-corrected chi connectivity index (χ3v) is 3.59. The molecule has 0 spiro atoms. The quantitative estimate of drug-likeness (QED) is 0.649. The molecular formula is C13H11BrClN3O3. The summed E-state index contributed by atoms with van der Waals surface area (Å²) in [7, 11) is 0. The molecule has 2 aromatic rings. The number of amides is 1. The minimum atomic E-state index is -0.545. The molecule has 0 aliphatic heterocycles. The Morgan fingerprint density at radius 1 is 1.48 bits per heavy atom. The maximum absolute atomic E-state index is 12.2. The van der Waals surface area contributed by atoms with Crippen LogP contribution < -0.4 is 5.32 Å². The maximum Gasteiger partial charge on any atom is 0.272 e. The molecule has 1 aromatic heterocycles. The summed E-state index contributed by atoms with van der Waals surface area (Å²) in [5, 5.41) is 13.4. The lowest BCUT2D eigenvalue weighted by Gasteiger charge is -2.09. The minimum Gasteiger partial charge on any atom is -0.343 e. The molecule has 0 radical (unpaired) electrons. The zero-order valence-corrected chi connectivity index (χ0v) is 13.3. The van der Waals surface area contributed by atoms with E-state index < -0.39 is 4.92 Å². The summed E-state index contributed by atoms with van der Waals surface area (Å²) >= 11 is 9.26. The van der Waals surface area contributed by atoms with Crippen LogP contribution in [0.4, 0.5) is 11.4 Å². The van der Waals surface area contributed by atoms with Crippen LogP contribution in [0.15, 0.2) is 34.9 Å². The molecule has 8 heteroatoms. The summed E-state index contributed by atoms with van der Waals surface area (Å²) in [4.78, 5) is 22.3. The van der Waals surface area contributed by atoms with Gasteiger partial charge in [0.25, 0.3) is 11.6 Å². The second kappa shape index (κ2) is 6.28. The number of nitrogens with one attached hydrogen (secondary N) is 1. The van der Waals surface area contributed by atoms with Crippen LogP contribution in [0.3, 0.4) is 0 Å². The van der Waals surface area contributed by atoms with Gasteiger partial charge in [-0.3, -0.25) is 14.9 Å². The molecule has 1 aromatic carbocycles. The summed E-state index contributed by atoms with van der Waals surface area (Å²) in [6, 6.07) is 5.59. The highest BCUT2D eigenvalue weighted by atomic mass is 79.9. The van der Waals surface area contributed by atoms with Crippen molar-refractivity contribution in [3.8, 4) is 0 Å². The number of nitro benzene ring substituents is 1. The maximum atomic E-state index is 12.2. The highest BCUT2D eigenvalue weighted by molar-refractivity contribution is 9.10. The summed E-state index contributed by atoms with van der Waals surface area (Å²) < 4.78 is 2.57. The van der Waals surface area contributed by atoms with Crippen molar-refractivity contribution in [1.29, 1.82) is 0 Å². The van der Waals surface area contributed by atoms with Crippen LogP contribution in [0.5, 0.6) is 0 Å². The molecule has 1 N–H and O–H groups in total. The number of nitro groups is 1. The van der Waals surface area contributed by atoms with Crippen molar-refractivity contribution >= 4 is 44.8 Å². The van der Waals surface area contributed by atoms with E-state index in [9.17, 15) is 14.9 Å². The van der Waals surface area contributed by atoms with Crippen molar-refractivity contribution in [2.24, 2.45) is 0 Å². The number of benzene rings is 1. The highest BCUT2D eigenvalue weighted by Crippen LogP contribution is 2.27. The Labute approximate surface area is 134 Å². The average Bonchev–Trinajstić information content (AvgIpc) is 2.82. The number of aromatic nitrogens is 1. The van der Waals surface area contributed by atoms with Crippen LogP contribution in [0, 0.1) is 10.1 Å². The number of rotatable bonds is 4. The molecule has 0 aliphatic rings. The Hall–Kier alpha value is -1.86. The van der Waals surface area contributed by atoms with Crippen LogP contribution in [0.1, 0.15) is 17.4 Å². The topological polar surface area (TPSA) is 77.2 Å². The van der Waals surface area contributed by atoms with Gasteiger partial charge < -0.3 is 9.88 Å². The molecule has 21 heavy (non-hydrogen) atoms. The zero-order valence-electron chi connectivity index (χ0n) is 11.0. The number of halogens is 2. The third-order valence-electron chi connectivity index (χ3n) is 2.85. The number of anilines is 1. The number of aryl methyl sites for hydroxylation is 1. The number of hydrogen-bond acceptors (Lipinski definition) is 3. The standard InChI is InChI=1S/C13H11BrClN3O3/c1-2-17-7-8(14)5-12(17)13(19)16-11-4-3-9(18(20)21)6-10(11)15/h3-7H,2H2,1H3,(H,16,19). The van der Waals surface area contributed by atoms with Gasteiger partial charge in [-0.15, -0.1) is 0 Å². The van der Waals surface area contributed by atoms with Gasteiger partial charge in [-0.1, -0.05) is 11.6 Å². The molecule has 1 amide bonds. The molecule has 0 fully saturated rings. The van der Waals surface area contributed by atoms with E-state index in [-0.39, 0.29) is 16.6 Å². The van der Waals surface area contributed by atoms with Crippen molar-refractivity contribution in [3.05, 3.63) is 55.8 Å². The Bertz CT molecular complexity index is 715. The van der Waals surface area contributed by atoms with Gasteiger partial charge in [0.2, 0.25) is 0 Å². The van der Waals surface area contributed by atoms with Gasteiger partial charge in [-0.25, -0.2) is 0 Å². The van der Waals surface area contributed by atoms with Gasteiger partial charge in [-0.05, 0) is 35.0 Å². The van der Waals surface area contributed by atoms with Gasteiger partial charge in [0.15, 0.2) is 0 Å². The predicted molar refractivity (Wildman–Crippen MR) is 83.9 cm³/mol. The van der Waals surface area contributed by atoms with Gasteiger partial charge in [0.1, 0.15) is 5.69 Å². The lowest BCUT2D eigenvalue weighted by atomic mass is 10.2. The Kier molecular flexibility index (Phi) is 4.64. The number of carbonyl (C=O) groups is 1. The summed E-state index contributed by atoms with van der Waals surface area (Å²) in [6.45, 7) is 2.56. The molecule has 0 bridgehead atoms. The second-order valence-electron chi connectivity index (χ2n) is 4.20. The molecule has 6 nitrogen and oxygen atoms in total. The minimum absolute atomic E-state index is 0.117. The highest BCUT2D eigenvalue weighted by Gasteiger charge is 2.15. The summed E-state index contributed by atoms with van der Waals surface area (Å²) in [5.74, 6) is -0.335. The lowest BCUT2D eigenvalue weighted by molar-refractivity contribution is -0.384. The van der Waals surface area contributed by atoms with Crippen LogP contribution >= 0.6 is 27.5 Å². The van der Waals surface area contributed by atoms with E-state index in [1.807, 2.05) is 6.92 Å². The fourth-order valence-electron chi connectivity index (χ4n) is 1.83. The molecule has 0 saturated carbocycles. The van der Waals surface area contributed by atoms with E-state index in [0.717, 1.165) is 4.47 Å². The molecule has 1 heterocycles. The smallest absolute Gasteiger partial charge is 0.272 e. The van der Waals surface area contributed by atoms with E-state index in [0.29, 0.717) is 17.9 Å². The van der Waals surface area contributed by atoms with Crippen LogP contribution in [0.25, 0.3) is 0 Å². The fourth-order valence-corrected chi connectivity index (χ4v) is 2.52. The first-order valence-electron chi connectivity index (χ1n) is 6.03. The van der Waals surface area contributed by atoms with Gasteiger partial charge in [-0.2, -0.15) is 0 Å². The fraction of sp³-hybridized carbons (Fsp3) is 0.154. The van der Waals surface area contributed by atoms with Crippen molar-refractivity contribution in [3.63, 3.8) is 0 Å². The van der Waals surface area contributed by atoms with Gasteiger partial charge >= 0.3 is 0 Å². The van der Waals surface area contributed by atoms with E-state index in [1.165, 1.54) is 18.2 Å². The van der Waals surface area contributed by atoms with E-state index in [4.69, 9.17) is 11.6 Å². The Morgan fingerprint density at radius 2 is 2.19 bits per heavy atom. The van der Waals surface area contributed by atoms with Crippen molar-refractivity contribution in [2.75, 3.05) is 5.32 Å². The summed E-state index contributed by atoms with van der Waals surface area (Å²) in [6.07, 6.45) is 1.80. The average molecular weight is 373 g/mol. The van der Waals surface area contributed by atoms with Crippen LogP contribution in [-0.2, 0) is 6.54 Å². The Morgan fingerprint density at radius 3 is 2.76 bits per heavy atom. The number of carbonyl (C=O) groups excluding carboxylic acids is 1. The molecule has 0 atom stereocenters. The first-order chi connectivity index (χ1) is 9.92. The Balaban J connectivity index is 2.25. The van der Waals surface area contributed by atoms with Gasteiger partial charge in [0.05, 0.1) is 15.6 Å². The third kappa shape index (κ3) is 3.43. The van der Waals surface area contributed by atoms with Gasteiger partial charge in [0, 0.05) is 29.3 Å².